The van der Waals surface area contributed by atoms with Gasteiger partial charge in [-0.25, -0.2) is 4.39 Å². The SMILES string of the molecule is C#Cc1cc(C(O)Nc2cnn(Cc3cccc(F)c3)c2)no1. The number of hydrogen-bond donors (Lipinski definition) is 2. The number of aliphatic hydroxyl groups excluding tert-OH is 1. The summed E-state index contributed by atoms with van der Waals surface area (Å²) < 4.78 is 19.6. The molecule has 7 heteroatoms. The zero-order valence-corrected chi connectivity index (χ0v) is 12.0. The topological polar surface area (TPSA) is 76.1 Å². The summed E-state index contributed by atoms with van der Waals surface area (Å²) >= 11 is 0. The second-order valence-electron chi connectivity index (χ2n) is 4.86. The molecule has 2 N–H and O–H groups in total. The summed E-state index contributed by atoms with van der Waals surface area (Å²) in [7, 11) is 0. The molecule has 1 aromatic carbocycles. The van der Waals surface area contributed by atoms with Crippen LogP contribution in [0.5, 0.6) is 0 Å². The highest BCUT2D eigenvalue weighted by molar-refractivity contribution is 5.40. The summed E-state index contributed by atoms with van der Waals surface area (Å²) in [5, 5.41) is 20.7. The van der Waals surface area contributed by atoms with Gasteiger partial charge in [0.25, 0.3) is 0 Å². The molecule has 3 rings (SSSR count). The summed E-state index contributed by atoms with van der Waals surface area (Å²) in [5.41, 5.74) is 1.64. The number of benzene rings is 1. The number of halogens is 1. The van der Waals surface area contributed by atoms with E-state index in [4.69, 9.17) is 10.9 Å². The van der Waals surface area contributed by atoms with Gasteiger partial charge in [0, 0.05) is 12.3 Å². The zero-order chi connectivity index (χ0) is 16.2. The first kappa shape index (κ1) is 14.8. The summed E-state index contributed by atoms with van der Waals surface area (Å²) in [5.74, 6) is 2.23. The van der Waals surface area contributed by atoms with E-state index in [1.807, 2.05) is 6.07 Å². The van der Waals surface area contributed by atoms with Crippen LogP contribution in [0.4, 0.5) is 10.1 Å². The fourth-order valence-corrected chi connectivity index (χ4v) is 2.06. The molecule has 1 atom stereocenters. The van der Waals surface area contributed by atoms with Crippen molar-refractivity contribution in [1.29, 1.82) is 0 Å². The fraction of sp³-hybridized carbons (Fsp3) is 0.125. The van der Waals surface area contributed by atoms with Gasteiger partial charge in [0.15, 0.2) is 6.23 Å². The first-order valence-corrected chi connectivity index (χ1v) is 6.79. The molecule has 0 aliphatic carbocycles. The van der Waals surface area contributed by atoms with E-state index in [0.717, 1.165) is 5.56 Å². The van der Waals surface area contributed by atoms with Gasteiger partial charge in [0.05, 0.1) is 18.4 Å². The average Bonchev–Trinajstić information content (AvgIpc) is 3.16. The van der Waals surface area contributed by atoms with Crippen molar-refractivity contribution in [2.45, 2.75) is 12.8 Å². The van der Waals surface area contributed by atoms with E-state index >= 15 is 0 Å². The van der Waals surface area contributed by atoms with Crippen LogP contribution >= 0.6 is 0 Å². The van der Waals surface area contributed by atoms with Crippen LogP contribution in [-0.2, 0) is 6.54 Å². The molecule has 0 radical (unpaired) electrons. The maximum Gasteiger partial charge on any atom is 0.209 e. The third-order valence-corrected chi connectivity index (χ3v) is 3.12. The Morgan fingerprint density at radius 2 is 2.30 bits per heavy atom. The first-order valence-electron chi connectivity index (χ1n) is 6.79. The lowest BCUT2D eigenvalue weighted by molar-refractivity contribution is 0.196. The van der Waals surface area contributed by atoms with Crippen molar-refractivity contribution in [3.05, 3.63) is 65.6 Å². The van der Waals surface area contributed by atoms with Crippen molar-refractivity contribution in [2.75, 3.05) is 5.32 Å². The van der Waals surface area contributed by atoms with Crippen LogP contribution in [0.2, 0.25) is 0 Å². The molecule has 1 unspecified atom stereocenters. The van der Waals surface area contributed by atoms with E-state index in [1.54, 1.807) is 23.1 Å². The number of aromatic nitrogens is 3. The Bertz CT molecular complexity index is 850. The molecule has 2 aromatic heterocycles. The summed E-state index contributed by atoms with van der Waals surface area (Å²) in [6, 6.07) is 7.75. The van der Waals surface area contributed by atoms with Crippen LogP contribution in [0.25, 0.3) is 0 Å². The van der Waals surface area contributed by atoms with Gasteiger partial charge in [-0.3, -0.25) is 4.68 Å². The molecule has 0 aliphatic rings. The largest absolute Gasteiger partial charge is 0.368 e. The molecular weight excluding hydrogens is 299 g/mol. The normalized spacial score (nSPS) is 11.9. The minimum absolute atomic E-state index is 0.239. The minimum atomic E-state index is -1.08. The van der Waals surface area contributed by atoms with E-state index in [1.165, 1.54) is 18.2 Å². The minimum Gasteiger partial charge on any atom is -0.368 e. The van der Waals surface area contributed by atoms with Crippen LogP contribution in [0.3, 0.4) is 0 Å². The molecule has 0 spiro atoms. The molecule has 0 amide bonds. The monoisotopic (exact) mass is 312 g/mol. The lowest BCUT2D eigenvalue weighted by Crippen LogP contribution is -2.09. The Morgan fingerprint density at radius 3 is 3.04 bits per heavy atom. The average molecular weight is 312 g/mol. The van der Waals surface area contributed by atoms with Crippen molar-refractivity contribution in [3.63, 3.8) is 0 Å². The molecule has 0 fully saturated rings. The van der Waals surface area contributed by atoms with Crippen molar-refractivity contribution < 1.29 is 14.0 Å². The van der Waals surface area contributed by atoms with Gasteiger partial charge in [-0.05, 0) is 23.6 Å². The van der Waals surface area contributed by atoms with Gasteiger partial charge in [-0.2, -0.15) is 5.10 Å². The Kier molecular flexibility index (Phi) is 4.08. The molecule has 0 saturated carbocycles. The van der Waals surface area contributed by atoms with Gasteiger partial charge in [0.1, 0.15) is 11.5 Å². The number of terminal acetylenes is 1. The van der Waals surface area contributed by atoms with E-state index < -0.39 is 6.23 Å². The summed E-state index contributed by atoms with van der Waals surface area (Å²) in [6.07, 6.45) is 7.34. The lowest BCUT2D eigenvalue weighted by atomic mass is 10.2. The Morgan fingerprint density at radius 1 is 1.43 bits per heavy atom. The Hall–Kier alpha value is -3.11. The standard InChI is InChI=1S/C16H13FN4O2/c1-2-14-7-15(20-23-14)16(22)19-13-8-18-21(10-13)9-11-4-3-5-12(17)6-11/h1,3-8,10,16,19,22H,9H2. The maximum atomic E-state index is 13.2. The predicted octanol–water partition coefficient (Wildman–Crippen LogP) is 2.14. The maximum absolute atomic E-state index is 13.2. The Labute approximate surface area is 131 Å². The van der Waals surface area contributed by atoms with E-state index in [2.05, 4.69) is 21.5 Å². The van der Waals surface area contributed by atoms with Crippen LogP contribution < -0.4 is 5.32 Å². The quantitative estimate of drug-likeness (QED) is 0.557. The molecule has 3 aromatic rings. The van der Waals surface area contributed by atoms with Crippen molar-refractivity contribution in [1.82, 2.24) is 14.9 Å². The van der Waals surface area contributed by atoms with Crippen LogP contribution in [0.15, 0.2) is 47.2 Å². The molecule has 23 heavy (non-hydrogen) atoms. The van der Waals surface area contributed by atoms with Crippen LogP contribution in [0.1, 0.15) is 23.2 Å². The summed E-state index contributed by atoms with van der Waals surface area (Å²) in [6.45, 7) is 0.417. The van der Waals surface area contributed by atoms with Gasteiger partial charge in [0.2, 0.25) is 5.76 Å². The highest BCUT2D eigenvalue weighted by Crippen LogP contribution is 2.17. The number of aliphatic hydroxyl groups is 1. The third-order valence-electron chi connectivity index (χ3n) is 3.12. The lowest BCUT2D eigenvalue weighted by Gasteiger charge is -2.08. The molecular formula is C16H13FN4O2. The van der Waals surface area contributed by atoms with Crippen molar-refractivity contribution in [3.8, 4) is 12.3 Å². The molecule has 0 saturated heterocycles. The number of anilines is 1. The molecule has 0 bridgehead atoms. The molecule has 0 aliphatic heterocycles. The van der Waals surface area contributed by atoms with Gasteiger partial charge >= 0.3 is 0 Å². The van der Waals surface area contributed by atoms with E-state index in [0.29, 0.717) is 12.2 Å². The van der Waals surface area contributed by atoms with Crippen molar-refractivity contribution >= 4 is 5.69 Å². The zero-order valence-electron chi connectivity index (χ0n) is 12.0. The molecule has 116 valence electrons. The second-order valence-corrected chi connectivity index (χ2v) is 4.86. The van der Waals surface area contributed by atoms with Gasteiger partial charge < -0.3 is 14.9 Å². The van der Waals surface area contributed by atoms with Crippen molar-refractivity contribution in [2.24, 2.45) is 0 Å². The second kappa shape index (κ2) is 6.34. The predicted molar refractivity (Wildman–Crippen MR) is 80.7 cm³/mol. The number of hydrogen-bond acceptors (Lipinski definition) is 5. The van der Waals surface area contributed by atoms with E-state index in [9.17, 15) is 9.50 Å². The smallest absolute Gasteiger partial charge is 0.209 e. The van der Waals surface area contributed by atoms with Crippen LogP contribution in [-0.4, -0.2) is 20.0 Å². The van der Waals surface area contributed by atoms with E-state index in [-0.39, 0.29) is 17.3 Å². The molecule has 6 nitrogen and oxygen atoms in total. The Balaban J connectivity index is 1.66. The third kappa shape index (κ3) is 3.56. The van der Waals surface area contributed by atoms with Crippen LogP contribution in [0, 0.1) is 18.2 Å². The molecule has 2 heterocycles. The van der Waals surface area contributed by atoms with Gasteiger partial charge in [-0.1, -0.05) is 17.3 Å². The highest BCUT2D eigenvalue weighted by Gasteiger charge is 2.13. The fourth-order valence-electron chi connectivity index (χ4n) is 2.06. The number of rotatable bonds is 5. The highest BCUT2D eigenvalue weighted by atomic mass is 19.1. The first-order chi connectivity index (χ1) is 11.1. The number of nitrogens with one attached hydrogen (secondary N) is 1. The van der Waals surface area contributed by atoms with Gasteiger partial charge in [-0.15, -0.1) is 6.42 Å². The number of nitrogens with zero attached hydrogens (tertiary/aromatic N) is 3. The summed E-state index contributed by atoms with van der Waals surface area (Å²) in [4.78, 5) is 0.